The van der Waals surface area contributed by atoms with E-state index in [1.807, 2.05) is 31.2 Å². The van der Waals surface area contributed by atoms with E-state index in [-0.39, 0.29) is 0 Å². The average molecular weight is 235 g/mol. The van der Waals surface area contributed by atoms with Crippen LogP contribution in [0.4, 0.5) is 0 Å². The molecule has 0 atom stereocenters. The number of rotatable bonds is 8. The van der Waals surface area contributed by atoms with Crippen LogP contribution in [0.25, 0.3) is 0 Å². The first-order valence-electron chi connectivity index (χ1n) is 5.95. The topological polar surface area (TPSA) is 30.5 Å². The van der Waals surface area contributed by atoms with Gasteiger partial charge in [0.25, 0.3) is 0 Å². The Morgan fingerprint density at radius 2 is 1.82 bits per heavy atom. The van der Waals surface area contributed by atoms with E-state index in [9.17, 15) is 0 Å². The molecular weight excluding hydrogens is 214 g/mol. The highest BCUT2D eigenvalue weighted by Crippen LogP contribution is 2.16. The summed E-state index contributed by atoms with van der Waals surface area (Å²) in [4.78, 5) is 0. The molecule has 94 valence electrons. The summed E-state index contributed by atoms with van der Waals surface area (Å²) in [5.74, 6) is 1.72. The smallest absolute Gasteiger partial charge is 0.119 e. The highest BCUT2D eigenvalue weighted by atomic mass is 16.5. The molecule has 0 aromatic heterocycles. The fraction of sp³-hybridized carbons (Fsp3) is 0.429. The van der Waals surface area contributed by atoms with Gasteiger partial charge in [-0.3, -0.25) is 0 Å². The number of nitrogens with one attached hydrogen (secondary N) is 1. The molecule has 0 aliphatic rings. The molecule has 0 saturated heterocycles. The van der Waals surface area contributed by atoms with Gasteiger partial charge in [-0.25, -0.2) is 0 Å². The second-order valence-electron chi connectivity index (χ2n) is 3.63. The number of methoxy groups -OCH3 is 1. The first kappa shape index (κ1) is 13.6. The largest absolute Gasteiger partial charge is 0.497 e. The van der Waals surface area contributed by atoms with Gasteiger partial charge in [0.15, 0.2) is 0 Å². The third-order valence-corrected chi connectivity index (χ3v) is 2.33. The van der Waals surface area contributed by atoms with E-state index in [1.165, 1.54) is 0 Å². The van der Waals surface area contributed by atoms with E-state index in [2.05, 4.69) is 17.5 Å². The fourth-order valence-electron chi connectivity index (χ4n) is 1.39. The minimum Gasteiger partial charge on any atom is -0.497 e. The molecule has 0 heterocycles. The Kier molecular flexibility index (Phi) is 6.91. The Morgan fingerprint density at radius 1 is 1.12 bits per heavy atom. The summed E-state index contributed by atoms with van der Waals surface area (Å²) in [5, 5.41) is 3.31. The lowest BCUT2D eigenvalue weighted by molar-refractivity contribution is 0.314. The predicted octanol–water partition coefficient (Wildman–Crippen LogP) is 2.63. The Morgan fingerprint density at radius 3 is 2.47 bits per heavy atom. The van der Waals surface area contributed by atoms with E-state index in [0.717, 1.165) is 31.0 Å². The molecule has 3 heteroatoms. The van der Waals surface area contributed by atoms with Crippen LogP contribution in [-0.4, -0.2) is 26.8 Å². The third-order valence-electron chi connectivity index (χ3n) is 2.33. The van der Waals surface area contributed by atoms with Gasteiger partial charge in [0.05, 0.1) is 7.11 Å². The summed E-state index contributed by atoms with van der Waals surface area (Å²) in [6.45, 7) is 4.58. The van der Waals surface area contributed by atoms with Crippen molar-refractivity contribution in [1.29, 1.82) is 0 Å². The average Bonchev–Trinajstić information content (AvgIpc) is 2.38. The maximum Gasteiger partial charge on any atom is 0.119 e. The summed E-state index contributed by atoms with van der Waals surface area (Å²) in [6.07, 6.45) is 5.28. The summed E-state index contributed by atoms with van der Waals surface area (Å²) in [7, 11) is 1.66. The molecular formula is C14H21NO2. The minimum atomic E-state index is 0.683. The van der Waals surface area contributed by atoms with Crippen molar-refractivity contribution in [3.63, 3.8) is 0 Å². The van der Waals surface area contributed by atoms with Crippen LogP contribution in [0.3, 0.4) is 0 Å². The van der Waals surface area contributed by atoms with Crippen molar-refractivity contribution in [1.82, 2.24) is 5.32 Å². The van der Waals surface area contributed by atoms with Crippen LogP contribution in [0.15, 0.2) is 36.4 Å². The fourth-order valence-corrected chi connectivity index (χ4v) is 1.39. The van der Waals surface area contributed by atoms with Gasteiger partial charge in [0.2, 0.25) is 0 Å². The second-order valence-corrected chi connectivity index (χ2v) is 3.63. The lowest BCUT2D eigenvalue weighted by atomic mass is 10.3. The summed E-state index contributed by atoms with van der Waals surface area (Å²) < 4.78 is 10.7. The summed E-state index contributed by atoms with van der Waals surface area (Å²) >= 11 is 0. The lowest BCUT2D eigenvalue weighted by Crippen LogP contribution is -2.21. The monoisotopic (exact) mass is 235 g/mol. The van der Waals surface area contributed by atoms with E-state index >= 15 is 0 Å². The SMILES string of the molecule is C/C=C/CCNCCOc1ccc(OC)cc1. The van der Waals surface area contributed by atoms with E-state index in [1.54, 1.807) is 7.11 Å². The van der Waals surface area contributed by atoms with Gasteiger partial charge in [-0.05, 0) is 44.2 Å². The van der Waals surface area contributed by atoms with Gasteiger partial charge in [-0.2, -0.15) is 0 Å². The van der Waals surface area contributed by atoms with Gasteiger partial charge in [0, 0.05) is 6.54 Å². The number of hydrogen-bond donors (Lipinski definition) is 1. The maximum absolute atomic E-state index is 5.58. The molecule has 3 nitrogen and oxygen atoms in total. The number of benzene rings is 1. The lowest BCUT2D eigenvalue weighted by Gasteiger charge is -2.07. The van der Waals surface area contributed by atoms with Crippen molar-refractivity contribution < 1.29 is 9.47 Å². The second kappa shape index (κ2) is 8.65. The molecule has 0 fully saturated rings. The van der Waals surface area contributed by atoms with Crippen molar-refractivity contribution in [2.75, 3.05) is 26.8 Å². The van der Waals surface area contributed by atoms with E-state index < -0.39 is 0 Å². The van der Waals surface area contributed by atoms with Crippen LogP contribution in [-0.2, 0) is 0 Å². The Hall–Kier alpha value is -1.48. The molecule has 1 N–H and O–H groups in total. The highest BCUT2D eigenvalue weighted by Gasteiger charge is 1.94. The number of ether oxygens (including phenoxy) is 2. The van der Waals surface area contributed by atoms with Crippen LogP contribution in [0.1, 0.15) is 13.3 Å². The molecule has 0 amide bonds. The standard InChI is InChI=1S/C14H21NO2/c1-3-4-5-10-15-11-12-17-14-8-6-13(16-2)7-9-14/h3-4,6-9,15H,5,10-12H2,1-2H3/b4-3+. The van der Waals surface area contributed by atoms with Gasteiger partial charge in [-0.1, -0.05) is 12.2 Å². The van der Waals surface area contributed by atoms with Crippen LogP contribution in [0, 0.1) is 0 Å². The first-order valence-corrected chi connectivity index (χ1v) is 5.95. The zero-order valence-electron chi connectivity index (χ0n) is 10.6. The van der Waals surface area contributed by atoms with Crippen LogP contribution in [0.5, 0.6) is 11.5 Å². The third kappa shape index (κ3) is 5.97. The van der Waals surface area contributed by atoms with E-state index in [4.69, 9.17) is 9.47 Å². The highest BCUT2D eigenvalue weighted by molar-refractivity contribution is 5.31. The van der Waals surface area contributed by atoms with Gasteiger partial charge >= 0.3 is 0 Å². The number of hydrogen-bond acceptors (Lipinski definition) is 3. The predicted molar refractivity (Wildman–Crippen MR) is 70.8 cm³/mol. The van der Waals surface area contributed by atoms with Crippen molar-refractivity contribution in [2.24, 2.45) is 0 Å². The Balaban J connectivity index is 2.09. The van der Waals surface area contributed by atoms with Crippen LogP contribution in [0.2, 0.25) is 0 Å². The first-order chi connectivity index (χ1) is 8.36. The molecule has 0 aliphatic carbocycles. The molecule has 1 rings (SSSR count). The zero-order chi connectivity index (χ0) is 12.3. The molecule has 0 bridgehead atoms. The Labute approximate surface area is 103 Å². The molecule has 0 saturated carbocycles. The summed E-state index contributed by atoms with van der Waals surface area (Å²) in [5.41, 5.74) is 0. The quantitative estimate of drug-likeness (QED) is 0.555. The van der Waals surface area contributed by atoms with Gasteiger partial charge in [0.1, 0.15) is 18.1 Å². The molecule has 1 aromatic rings. The molecule has 17 heavy (non-hydrogen) atoms. The van der Waals surface area contributed by atoms with Crippen LogP contribution < -0.4 is 14.8 Å². The zero-order valence-corrected chi connectivity index (χ0v) is 10.6. The molecule has 0 unspecified atom stereocenters. The van der Waals surface area contributed by atoms with Gasteiger partial charge in [-0.15, -0.1) is 0 Å². The summed E-state index contributed by atoms with van der Waals surface area (Å²) in [6, 6.07) is 7.63. The van der Waals surface area contributed by atoms with Gasteiger partial charge < -0.3 is 14.8 Å². The molecule has 0 aliphatic heterocycles. The molecule has 1 aromatic carbocycles. The number of allylic oxidation sites excluding steroid dienone is 1. The van der Waals surface area contributed by atoms with E-state index in [0.29, 0.717) is 6.61 Å². The minimum absolute atomic E-state index is 0.683. The van der Waals surface area contributed by atoms with Crippen LogP contribution >= 0.6 is 0 Å². The Bertz CT molecular complexity index is 319. The van der Waals surface area contributed by atoms with Crippen molar-refractivity contribution in [3.05, 3.63) is 36.4 Å². The maximum atomic E-state index is 5.58. The molecule has 0 spiro atoms. The van der Waals surface area contributed by atoms with Crippen molar-refractivity contribution >= 4 is 0 Å². The van der Waals surface area contributed by atoms with Crippen molar-refractivity contribution in [2.45, 2.75) is 13.3 Å². The van der Waals surface area contributed by atoms with Crippen molar-refractivity contribution in [3.8, 4) is 11.5 Å². The normalized spacial score (nSPS) is 10.7. The molecule has 0 radical (unpaired) electrons.